The van der Waals surface area contributed by atoms with E-state index in [0.29, 0.717) is 0 Å². The lowest BCUT2D eigenvalue weighted by atomic mass is 10.1. The van der Waals surface area contributed by atoms with Gasteiger partial charge in [0.1, 0.15) is 0 Å². The van der Waals surface area contributed by atoms with Crippen molar-refractivity contribution < 1.29 is 0 Å². The molecule has 1 aromatic rings. The molecule has 0 atom stereocenters. The number of hydrogen-bond acceptors (Lipinski definition) is 2. The highest BCUT2D eigenvalue weighted by Crippen LogP contribution is 2.23. The van der Waals surface area contributed by atoms with Crippen LogP contribution in [0.4, 0.5) is 5.69 Å². The fourth-order valence-electron chi connectivity index (χ4n) is 2.43. The third-order valence-corrected chi connectivity index (χ3v) is 3.57. The van der Waals surface area contributed by atoms with Gasteiger partial charge in [0.25, 0.3) is 0 Å². The summed E-state index contributed by atoms with van der Waals surface area (Å²) in [6.45, 7) is 9.06. The Hall–Kier alpha value is -1.02. The van der Waals surface area contributed by atoms with Gasteiger partial charge in [-0.25, -0.2) is 0 Å². The molecule has 2 rings (SSSR count). The Morgan fingerprint density at radius 1 is 1.29 bits per heavy atom. The molecular weight excluding hydrogens is 208 g/mol. The van der Waals surface area contributed by atoms with Crippen LogP contribution >= 0.6 is 0 Å². The van der Waals surface area contributed by atoms with Crippen LogP contribution in [-0.2, 0) is 13.0 Å². The first-order valence-electron chi connectivity index (χ1n) is 6.91. The summed E-state index contributed by atoms with van der Waals surface area (Å²) < 4.78 is 0. The monoisotopic (exact) mass is 232 g/mol. The molecule has 0 saturated heterocycles. The van der Waals surface area contributed by atoms with E-state index in [9.17, 15) is 0 Å². The van der Waals surface area contributed by atoms with E-state index in [1.807, 2.05) is 0 Å². The highest BCUT2D eigenvalue weighted by atomic mass is 15.1. The highest BCUT2D eigenvalue weighted by molar-refractivity contribution is 5.56. The summed E-state index contributed by atoms with van der Waals surface area (Å²) in [7, 11) is 0. The van der Waals surface area contributed by atoms with Gasteiger partial charge in [0.05, 0.1) is 0 Å². The van der Waals surface area contributed by atoms with Gasteiger partial charge in [0.15, 0.2) is 0 Å². The van der Waals surface area contributed by atoms with Gasteiger partial charge < -0.3 is 5.32 Å². The maximum Gasteiger partial charge on any atom is 0.0376 e. The van der Waals surface area contributed by atoms with Gasteiger partial charge in [-0.15, -0.1) is 0 Å². The van der Waals surface area contributed by atoms with Gasteiger partial charge in [0.2, 0.25) is 0 Å². The van der Waals surface area contributed by atoms with Crippen LogP contribution in [0.1, 0.15) is 37.8 Å². The number of hydrogen-bond donors (Lipinski definition) is 1. The summed E-state index contributed by atoms with van der Waals surface area (Å²) >= 11 is 0. The molecule has 0 bridgehead atoms. The van der Waals surface area contributed by atoms with Crippen LogP contribution in [0.5, 0.6) is 0 Å². The van der Waals surface area contributed by atoms with E-state index in [2.05, 4.69) is 42.3 Å². The van der Waals surface area contributed by atoms with Gasteiger partial charge in [-0.1, -0.05) is 32.4 Å². The zero-order valence-electron chi connectivity index (χ0n) is 11.1. The zero-order chi connectivity index (χ0) is 12.1. The minimum Gasteiger partial charge on any atom is -0.384 e. The molecule has 1 N–H and O–H groups in total. The molecule has 0 aromatic heterocycles. The molecule has 0 amide bonds. The first-order valence-corrected chi connectivity index (χ1v) is 6.91. The lowest BCUT2D eigenvalue weighted by Crippen LogP contribution is -2.23. The van der Waals surface area contributed by atoms with Gasteiger partial charge in [-0.05, 0) is 43.1 Å². The molecule has 1 aromatic carbocycles. The fraction of sp³-hybridized carbons (Fsp3) is 0.600. The molecule has 2 nitrogen and oxygen atoms in total. The molecule has 0 aliphatic carbocycles. The number of unbranched alkanes of at least 4 members (excludes halogenated alkanes) is 1. The maximum atomic E-state index is 3.46. The Kier molecular flexibility index (Phi) is 4.43. The van der Waals surface area contributed by atoms with Gasteiger partial charge >= 0.3 is 0 Å². The zero-order valence-corrected chi connectivity index (χ0v) is 11.1. The molecule has 0 unspecified atom stereocenters. The van der Waals surface area contributed by atoms with Crippen molar-refractivity contribution in [2.45, 2.75) is 39.7 Å². The van der Waals surface area contributed by atoms with Gasteiger partial charge in [-0.2, -0.15) is 0 Å². The third-order valence-electron chi connectivity index (χ3n) is 3.57. The normalized spacial score (nSPS) is 13.8. The second-order valence-corrected chi connectivity index (χ2v) is 4.89. The van der Waals surface area contributed by atoms with Crippen LogP contribution in [-0.4, -0.2) is 24.5 Å². The maximum absolute atomic E-state index is 3.46. The van der Waals surface area contributed by atoms with Crippen molar-refractivity contribution >= 4 is 5.69 Å². The Morgan fingerprint density at radius 2 is 2.18 bits per heavy atom. The first-order chi connectivity index (χ1) is 8.33. The molecule has 0 spiro atoms. The molecule has 17 heavy (non-hydrogen) atoms. The fourth-order valence-corrected chi connectivity index (χ4v) is 2.43. The number of rotatable bonds is 6. The number of nitrogens with zero attached hydrogens (tertiary/aromatic N) is 1. The lowest BCUT2D eigenvalue weighted by Gasteiger charge is -2.20. The van der Waals surface area contributed by atoms with Crippen molar-refractivity contribution in [2.75, 3.05) is 25.0 Å². The molecular formula is C15H24N2. The topological polar surface area (TPSA) is 15.3 Å². The van der Waals surface area contributed by atoms with Crippen LogP contribution in [0.3, 0.4) is 0 Å². The van der Waals surface area contributed by atoms with Crippen molar-refractivity contribution in [1.29, 1.82) is 0 Å². The van der Waals surface area contributed by atoms with E-state index < -0.39 is 0 Å². The van der Waals surface area contributed by atoms with Gasteiger partial charge in [-0.3, -0.25) is 4.90 Å². The molecule has 0 radical (unpaired) electrons. The molecule has 0 fully saturated rings. The molecule has 94 valence electrons. The summed E-state index contributed by atoms with van der Waals surface area (Å²) in [4.78, 5) is 2.53. The highest BCUT2D eigenvalue weighted by Gasteiger charge is 2.11. The Balaban J connectivity index is 1.97. The van der Waals surface area contributed by atoms with E-state index >= 15 is 0 Å². The summed E-state index contributed by atoms with van der Waals surface area (Å²) in [6, 6.07) is 6.91. The minimum absolute atomic E-state index is 1.09. The lowest BCUT2D eigenvalue weighted by molar-refractivity contribution is 0.275. The Labute approximate surface area is 105 Å². The average molecular weight is 232 g/mol. The number of anilines is 1. The Bertz CT molecular complexity index is 360. The van der Waals surface area contributed by atoms with Crippen LogP contribution < -0.4 is 5.32 Å². The Morgan fingerprint density at radius 3 is 2.94 bits per heavy atom. The van der Waals surface area contributed by atoms with E-state index in [-0.39, 0.29) is 0 Å². The molecule has 0 saturated carbocycles. The van der Waals surface area contributed by atoms with E-state index in [1.165, 1.54) is 42.6 Å². The summed E-state index contributed by atoms with van der Waals surface area (Å²) in [6.07, 6.45) is 3.77. The van der Waals surface area contributed by atoms with Crippen LogP contribution in [0.2, 0.25) is 0 Å². The predicted molar refractivity (Wildman–Crippen MR) is 74.5 cm³/mol. The van der Waals surface area contributed by atoms with Crippen molar-refractivity contribution in [2.24, 2.45) is 0 Å². The third kappa shape index (κ3) is 3.22. The molecule has 1 aliphatic heterocycles. The summed E-state index contributed by atoms with van der Waals surface area (Å²) in [5.41, 5.74) is 4.27. The number of fused-ring (bicyclic) bond motifs is 1. The summed E-state index contributed by atoms with van der Waals surface area (Å²) in [5, 5.41) is 3.46. The minimum atomic E-state index is 1.09. The van der Waals surface area contributed by atoms with Crippen LogP contribution in [0.25, 0.3) is 0 Å². The van der Waals surface area contributed by atoms with Crippen molar-refractivity contribution in [3.8, 4) is 0 Å². The predicted octanol–water partition coefficient (Wildman–Crippen LogP) is 3.28. The first kappa shape index (κ1) is 12.4. The van der Waals surface area contributed by atoms with E-state index in [0.717, 1.165) is 19.6 Å². The molecule has 2 heteroatoms. The van der Waals surface area contributed by atoms with Crippen molar-refractivity contribution in [3.63, 3.8) is 0 Å². The molecule has 1 heterocycles. The number of benzene rings is 1. The van der Waals surface area contributed by atoms with Crippen LogP contribution in [0.15, 0.2) is 18.2 Å². The van der Waals surface area contributed by atoms with Crippen molar-refractivity contribution in [3.05, 3.63) is 29.3 Å². The number of nitrogens with one attached hydrogen (secondary N) is 1. The second kappa shape index (κ2) is 6.06. The van der Waals surface area contributed by atoms with Crippen molar-refractivity contribution in [1.82, 2.24) is 4.90 Å². The van der Waals surface area contributed by atoms with Gasteiger partial charge in [0, 0.05) is 18.8 Å². The quantitative estimate of drug-likeness (QED) is 0.809. The average Bonchev–Trinajstić information content (AvgIpc) is 2.81. The SMILES string of the molecule is CCCCN(CC)Cc1ccc2c(c1)NCC2. The van der Waals surface area contributed by atoms with Crippen LogP contribution in [0, 0.1) is 0 Å². The molecule has 1 aliphatic rings. The second-order valence-electron chi connectivity index (χ2n) is 4.89. The van der Waals surface area contributed by atoms with E-state index in [4.69, 9.17) is 0 Å². The largest absolute Gasteiger partial charge is 0.384 e. The smallest absolute Gasteiger partial charge is 0.0376 e. The van der Waals surface area contributed by atoms with E-state index in [1.54, 1.807) is 0 Å². The summed E-state index contributed by atoms with van der Waals surface area (Å²) in [5.74, 6) is 0. The standard InChI is InChI=1S/C15H24N2/c1-3-5-10-17(4-2)12-13-6-7-14-8-9-16-15(14)11-13/h6-7,11,16H,3-5,8-10,12H2,1-2H3.